The van der Waals surface area contributed by atoms with E-state index in [0.29, 0.717) is 12.0 Å². The molecule has 4 aliphatic rings. The van der Waals surface area contributed by atoms with Gasteiger partial charge in [-0.05, 0) is 34.4 Å². The fourth-order valence-corrected chi connectivity index (χ4v) is 3.89. The SMILES string of the molecule is Fc1ccc2c(c1)[C@@H]1c3ccccc3[C@H]2C2OC21. The van der Waals surface area contributed by atoms with Gasteiger partial charge >= 0.3 is 0 Å². The molecule has 18 heavy (non-hydrogen) atoms. The van der Waals surface area contributed by atoms with E-state index in [2.05, 4.69) is 24.3 Å². The first-order valence-corrected chi connectivity index (χ1v) is 6.38. The molecule has 1 aliphatic heterocycles. The Kier molecular flexibility index (Phi) is 1.46. The molecule has 2 aromatic carbocycles. The third-order valence-electron chi connectivity index (χ3n) is 4.60. The van der Waals surface area contributed by atoms with Crippen LogP contribution in [0.15, 0.2) is 42.5 Å². The molecule has 6 rings (SSSR count). The molecule has 3 aliphatic carbocycles. The van der Waals surface area contributed by atoms with E-state index in [4.69, 9.17) is 4.74 Å². The monoisotopic (exact) mass is 238 g/mol. The topological polar surface area (TPSA) is 12.5 Å². The molecule has 1 saturated heterocycles. The maximum absolute atomic E-state index is 13.5. The molecule has 2 heteroatoms. The molecule has 88 valence electrons. The number of halogens is 1. The zero-order valence-corrected chi connectivity index (χ0v) is 9.64. The second kappa shape index (κ2) is 2.83. The van der Waals surface area contributed by atoms with Crippen LogP contribution in [0.3, 0.4) is 0 Å². The molecule has 0 aromatic heterocycles. The molecule has 2 unspecified atom stereocenters. The molecule has 1 nitrogen and oxygen atoms in total. The number of hydrogen-bond donors (Lipinski definition) is 0. The van der Waals surface area contributed by atoms with Gasteiger partial charge < -0.3 is 4.74 Å². The molecule has 1 heterocycles. The zero-order chi connectivity index (χ0) is 11.9. The Morgan fingerprint density at radius 3 is 2.11 bits per heavy atom. The normalized spacial score (nSPS) is 33.6. The smallest absolute Gasteiger partial charge is 0.123 e. The van der Waals surface area contributed by atoms with Crippen LogP contribution in [0.5, 0.6) is 0 Å². The largest absolute Gasteiger partial charge is 0.368 e. The van der Waals surface area contributed by atoms with Crippen LogP contribution in [0.2, 0.25) is 0 Å². The van der Waals surface area contributed by atoms with E-state index in [1.165, 1.54) is 16.7 Å². The first kappa shape index (κ1) is 9.29. The summed E-state index contributed by atoms with van der Waals surface area (Å²) in [5, 5.41) is 0. The van der Waals surface area contributed by atoms with Crippen molar-refractivity contribution < 1.29 is 9.13 Å². The lowest BCUT2D eigenvalue weighted by molar-refractivity contribution is 0.364. The standard InChI is InChI=1S/C16H11FO/c17-8-5-6-11-12(7-8)14-10-4-2-1-3-9(10)13(11)15-16(14)18-15/h1-7,13-16H/t13-,14+,15?,16?/m1/s1. The van der Waals surface area contributed by atoms with Crippen LogP contribution in [-0.2, 0) is 4.74 Å². The Morgan fingerprint density at radius 1 is 0.778 bits per heavy atom. The second-order valence-electron chi connectivity index (χ2n) is 5.42. The van der Waals surface area contributed by atoms with E-state index >= 15 is 0 Å². The van der Waals surface area contributed by atoms with Crippen LogP contribution in [0.4, 0.5) is 4.39 Å². The Balaban J connectivity index is 1.86. The predicted octanol–water partition coefficient (Wildman–Crippen LogP) is 3.18. The first-order chi connectivity index (χ1) is 8.84. The Morgan fingerprint density at radius 2 is 1.39 bits per heavy atom. The molecule has 2 aromatic rings. The highest BCUT2D eigenvalue weighted by Crippen LogP contribution is 2.61. The third-order valence-corrected chi connectivity index (χ3v) is 4.60. The highest BCUT2D eigenvalue weighted by molar-refractivity contribution is 5.59. The van der Waals surface area contributed by atoms with Gasteiger partial charge in [-0.2, -0.15) is 0 Å². The van der Waals surface area contributed by atoms with Gasteiger partial charge in [-0.1, -0.05) is 30.3 Å². The van der Waals surface area contributed by atoms with Gasteiger partial charge in [0.05, 0.1) is 12.2 Å². The molecule has 1 fully saturated rings. The summed E-state index contributed by atoms with van der Waals surface area (Å²) >= 11 is 0. The fraction of sp³-hybridized carbons (Fsp3) is 0.250. The summed E-state index contributed by atoms with van der Waals surface area (Å²) in [6.45, 7) is 0. The average Bonchev–Trinajstić information content (AvgIpc) is 3.18. The van der Waals surface area contributed by atoms with E-state index in [-0.39, 0.29) is 17.8 Å². The van der Waals surface area contributed by atoms with Crippen molar-refractivity contribution in [3.8, 4) is 0 Å². The minimum atomic E-state index is -0.143. The number of hydrogen-bond acceptors (Lipinski definition) is 1. The predicted molar refractivity (Wildman–Crippen MR) is 65.2 cm³/mol. The van der Waals surface area contributed by atoms with Crippen molar-refractivity contribution in [3.05, 3.63) is 70.5 Å². The van der Waals surface area contributed by atoms with Crippen LogP contribution in [0.1, 0.15) is 34.1 Å². The minimum Gasteiger partial charge on any atom is -0.368 e. The van der Waals surface area contributed by atoms with E-state index in [1.54, 1.807) is 12.1 Å². The van der Waals surface area contributed by atoms with Gasteiger partial charge in [-0.25, -0.2) is 4.39 Å². The summed E-state index contributed by atoms with van der Waals surface area (Å²) < 4.78 is 19.3. The summed E-state index contributed by atoms with van der Waals surface area (Å²) in [7, 11) is 0. The van der Waals surface area contributed by atoms with Gasteiger partial charge in [-0.3, -0.25) is 0 Å². The highest BCUT2D eigenvalue weighted by Gasteiger charge is 2.60. The van der Waals surface area contributed by atoms with Gasteiger partial charge in [0.1, 0.15) is 5.82 Å². The van der Waals surface area contributed by atoms with Crippen molar-refractivity contribution in [2.75, 3.05) is 0 Å². The van der Waals surface area contributed by atoms with Crippen molar-refractivity contribution in [1.29, 1.82) is 0 Å². The second-order valence-corrected chi connectivity index (χ2v) is 5.42. The molecule has 0 amide bonds. The molecular weight excluding hydrogens is 227 g/mol. The number of rotatable bonds is 0. The molecule has 4 atom stereocenters. The van der Waals surface area contributed by atoms with Gasteiger partial charge in [0, 0.05) is 11.8 Å². The molecular formula is C16H11FO. The molecule has 0 N–H and O–H groups in total. The van der Waals surface area contributed by atoms with Crippen LogP contribution < -0.4 is 0 Å². The van der Waals surface area contributed by atoms with Crippen molar-refractivity contribution in [2.24, 2.45) is 0 Å². The maximum atomic E-state index is 13.5. The van der Waals surface area contributed by atoms with Gasteiger partial charge in [0.2, 0.25) is 0 Å². The van der Waals surface area contributed by atoms with Crippen molar-refractivity contribution >= 4 is 0 Å². The summed E-state index contributed by atoms with van der Waals surface area (Å²) in [5.41, 5.74) is 5.11. The Hall–Kier alpha value is -1.67. The van der Waals surface area contributed by atoms with E-state index in [9.17, 15) is 4.39 Å². The summed E-state index contributed by atoms with van der Waals surface area (Å²) in [5.74, 6) is 0.407. The maximum Gasteiger partial charge on any atom is 0.123 e. The lowest BCUT2D eigenvalue weighted by atomic mass is 9.64. The van der Waals surface area contributed by atoms with Gasteiger partial charge in [0.15, 0.2) is 0 Å². The van der Waals surface area contributed by atoms with Crippen LogP contribution >= 0.6 is 0 Å². The first-order valence-electron chi connectivity index (χ1n) is 6.38. The highest BCUT2D eigenvalue weighted by atomic mass is 19.1. The third kappa shape index (κ3) is 0.930. The van der Waals surface area contributed by atoms with E-state index in [0.717, 1.165) is 5.56 Å². The molecule has 0 saturated carbocycles. The van der Waals surface area contributed by atoms with E-state index in [1.807, 2.05) is 6.07 Å². The minimum absolute atomic E-state index is 0.143. The van der Waals surface area contributed by atoms with Crippen LogP contribution in [-0.4, -0.2) is 12.2 Å². The quantitative estimate of drug-likeness (QED) is 0.642. The number of benzene rings is 2. The summed E-state index contributed by atoms with van der Waals surface area (Å²) in [6, 6.07) is 13.7. The molecule has 0 radical (unpaired) electrons. The number of ether oxygens (including phenoxy) is 1. The number of epoxide rings is 1. The lowest BCUT2D eigenvalue weighted by Gasteiger charge is -2.37. The van der Waals surface area contributed by atoms with Crippen molar-refractivity contribution in [3.63, 3.8) is 0 Å². The van der Waals surface area contributed by atoms with Crippen LogP contribution in [0, 0.1) is 5.82 Å². The fourth-order valence-electron chi connectivity index (χ4n) is 3.89. The van der Waals surface area contributed by atoms with Crippen LogP contribution in [0.25, 0.3) is 0 Å². The lowest BCUT2D eigenvalue weighted by Crippen LogP contribution is -2.31. The summed E-state index contributed by atoms with van der Waals surface area (Å²) in [4.78, 5) is 0. The van der Waals surface area contributed by atoms with E-state index < -0.39 is 0 Å². The Bertz CT molecular complexity index is 679. The summed E-state index contributed by atoms with van der Waals surface area (Å²) in [6.07, 6.45) is 0.599. The Labute approximate surface area is 104 Å². The average molecular weight is 238 g/mol. The van der Waals surface area contributed by atoms with Gasteiger partial charge in [0.25, 0.3) is 0 Å². The van der Waals surface area contributed by atoms with Crippen molar-refractivity contribution in [2.45, 2.75) is 24.0 Å². The van der Waals surface area contributed by atoms with Crippen molar-refractivity contribution in [1.82, 2.24) is 0 Å². The molecule has 0 spiro atoms. The van der Waals surface area contributed by atoms with Gasteiger partial charge in [-0.15, -0.1) is 0 Å². The molecule has 2 bridgehead atoms. The zero-order valence-electron chi connectivity index (χ0n) is 9.64.